The molecule has 0 saturated carbocycles. The van der Waals surface area contributed by atoms with E-state index in [-0.39, 0.29) is 0 Å². The number of nitrogens with zero attached hydrogens (tertiary/aromatic N) is 4. The zero-order valence-electron chi connectivity index (χ0n) is 12.2. The van der Waals surface area contributed by atoms with Gasteiger partial charge < -0.3 is 5.32 Å². The zero-order valence-corrected chi connectivity index (χ0v) is 13.9. The summed E-state index contributed by atoms with van der Waals surface area (Å²) in [7, 11) is 0. The average Bonchev–Trinajstić information content (AvgIpc) is 2.85. The van der Waals surface area contributed by atoms with Crippen LogP contribution in [0.2, 0.25) is 0 Å². The van der Waals surface area contributed by atoms with Gasteiger partial charge in [0.1, 0.15) is 21.7 Å². The van der Waals surface area contributed by atoms with Gasteiger partial charge in [-0.05, 0) is 32.0 Å². The van der Waals surface area contributed by atoms with Gasteiger partial charge >= 0.3 is 0 Å². The number of aryl methyl sites for hydroxylation is 2. The monoisotopic (exact) mass is 309 g/mol. The molecule has 2 heterocycles. The van der Waals surface area contributed by atoms with Crippen LogP contribution < -0.4 is 5.32 Å². The Morgan fingerprint density at radius 1 is 1.15 bits per heavy atom. The molecule has 2 rings (SSSR count). The molecule has 108 valence electrons. The SMILES string of the molecule is CCCNc1nc(CC)nc(Sc2nnc(C)s2)c1C. The standard InChI is InChI=1S/C13H19N5S2/c1-5-7-14-11-8(3)12(16-10(6-2)15-11)20-13-18-17-9(4)19-13/h5-7H2,1-4H3,(H,14,15,16). The highest BCUT2D eigenvalue weighted by Crippen LogP contribution is 2.33. The topological polar surface area (TPSA) is 63.6 Å². The summed E-state index contributed by atoms with van der Waals surface area (Å²) in [5.41, 5.74) is 1.08. The molecular weight excluding hydrogens is 290 g/mol. The van der Waals surface area contributed by atoms with E-state index in [1.807, 2.05) is 13.8 Å². The van der Waals surface area contributed by atoms with E-state index in [2.05, 4.69) is 39.3 Å². The molecule has 0 aromatic carbocycles. The van der Waals surface area contributed by atoms with Gasteiger partial charge in [-0.3, -0.25) is 0 Å². The largest absolute Gasteiger partial charge is 0.370 e. The lowest BCUT2D eigenvalue weighted by Gasteiger charge is -2.12. The van der Waals surface area contributed by atoms with Crippen molar-refractivity contribution < 1.29 is 0 Å². The molecule has 0 amide bonds. The van der Waals surface area contributed by atoms with Crippen LogP contribution in [0.5, 0.6) is 0 Å². The van der Waals surface area contributed by atoms with Crippen molar-refractivity contribution in [2.75, 3.05) is 11.9 Å². The first-order chi connectivity index (χ1) is 9.63. The maximum Gasteiger partial charge on any atom is 0.180 e. The Morgan fingerprint density at radius 2 is 1.95 bits per heavy atom. The predicted molar refractivity (Wildman–Crippen MR) is 83.7 cm³/mol. The van der Waals surface area contributed by atoms with Gasteiger partial charge in [0.15, 0.2) is 4.34 Å². The maximum absolute atomic E-state index is 4.61. The molecule has 0 fully saturated rings. The first kappa shape index (κ1) is 15.2. The Hall–Kier alpha value is -1.21. The van der Waals surface area contributed by atoms with E-state index in [0.29, 0.717) is 0 Å². The van der Waals surface area contributed by atoms with E-state index >= 15 is 0 Å². The van der Waals surface area contributed by atoms with Crippen LogP contribution in [0.3, 0.4) is 0 Å². The highest BCUT2D eigenvalue weighted by molar-refractivity contribution is 8.01. The Kier molecular flexibility index (Phi) is 5.31. The van der Waals surface area contributed by atoms with Crippen molar-refractivity contribution in [3.05, 3.63) is 16.4 Å². The second kappa shape index (κ2) is 6.99. The molecule has 20 heavy (non-hydrogen) atoms. The van der Waals surface area contributed by atoms with Gasteiger partial charge in [0.25, 0.3) is 0 Å². The van der Waals surface area contributed by atoms with Crippen LogP contribution in [0.1, 0.15) is 36.7 Å². The quantitative estimate of drug-likeness (QED) is 0.824. The fourth-order valence-corrected chi connectivity index (χ4v) is 3.44. The molecule has 7 heteroatoms. The molecule has 2 aromatic heterocycles. The minimum Gasteiger partial charge on any atom is -0.370 e. The van der Waals surface area contributed by atoms with Gasteiger partial charge in [-0.15, -0.1) is 10.2 Å². The Labute approximate surface area is 127 Å². The highest BCUT2D eigenvalue weighted by atomic mass is 32.2. The smallest absolute Gasteiger partial charge is 0.180 e. The molecule has 5 nitrogen and oxygen atoms in total. The summed E-state index contributed by atoms with van der Waals surface area (Å²) in [4.78, 5) is 9.18. The van der Waals surface area contributed by atoms with Crippen molar-refractivity contribution in [2.24, 2.45) is 0 Å². The molecule has 0 bridgehead atoms. The van der Waals surface area contributed by atoms with Crippen molar-refractivity contribution in [1.82, 2.24) is 20.2 Å². The van der Waals surface area contributed by atoms with Crippen molar-refractivity contribution in [3.63, 3.8) is 0 Å². The molecule has 0 aliphatic heterocycles. The Balaban J connectivity index is 2.30. The molecular formula is C13H19N5S2. The fraction of sp³-hybridized carbons (Fsp3) is 0.538. The number of hydrogen-bond donors (Lipinski definition) is 1. The fourth-order valence-electron chi connectivity index (χ4n) is 1.62. The van der Waals surface area contributed by atoms with Crippen LogP contribution in [0.25, 0.3) is 0 Å². The molecule has 0 saturated heterocycles. The van der Waals surface area contributed by atoms with Crippen molar-refractivity contribution in [2.45, 2.75) is 49.9 Å². The van der Waals surface area contributed by atoms with Crippen molar-refractivity contribution >= 4 is 28.9 Å². The summed E-state index contributed by atoms with van der Waals surface area (Å²) in [6.07, 6.45) is 1.90. The first-order valence-corrected chi connectivity index (χ1v) is 8.36. The minimum atomic E-state index is 0.823. The van der Waals surface area contributed by atoms with E-state index in [1.54, 1.807) is 23.1 Å². The third kappa shape index (κ3) is 3.67. The van der Waals surface area contributed by atoms with Crippen LogP contribution in [-0.2, 0) is 6.42 Å². The van der Waals surface area contributed by atoms with Crippen molar-refractivity contribution in [1.29, 1.82) is 0 Å². The maximum atomic E-state index is 4.61. The molecule has 0 aliphatic carbocycles. The lowest BCUT2D eigenvalue weighted by molar-refractivity contribution is 0.860. The van der Waals surface area contributed by atoms with E-state index in [1.165, 1.54) is 0 Å². The van der Waals surface area contributed by atoms with E-state index in [0.717, 1.165) is 51.0 Å². The van der Waals surface area contributed by atoms with Gasteiger partial charge in [0, 0.05) is 18.5 Å². The van der Waals surface area contributed by atoms with Crippen LogP contribution in [0, 0.1) is 13.8 Å². The lowest BCUT2D eigenvalue weighted by Crippen LogP contribution is -2.08. The normalized spacial score (nSPS) is 10.8. The summed E-state index contributed by atoms with van der Waals surface area (Å²) < 4.78 is 0.924. The molecule has 0 aliphatic rings. The summed E-state index contributed by atoms with van der Waals surface area (Å²) in [5, 5.41) is 13.5. The van der Waals surface area contributed by atoms with E-state index in [4.69, 9.17) is 0 Å². The molecule has 0 radical (unpaired) electrons. The third-order valence-corrected chi connectivity index (χ3v) is 4.68. The van der Waals surface area contributed by atoms with Gasteiger partial charge in [-0.2, -0.15) is 0 Å². The predicted octanol–water partition coefficient (Wildman–Crippen LogP) is 3.48. The van der Waals surface area contributed by atoms with Crippen molar-refractivity contribution in [3.8, 4) is 0 Å². The molecule has 2 aromatic rings. The number of anilines is 1. The molecule has 0 unspecified atom stereocenters. The van der Waals surface area contributed by atoms with Crippen LogP contribution in [0.15, 0.2) is 9.37 Å². The van der Waals surface area contributed by atoms with E-state index in [9.17, 15) is 0 Å². The summed E-state index contributed by atoms with van der Waals surface area (Å²) in [6, 6.07) is 0. The second-order valence-electron chi connectivity index (χ2n) is 4.39. The molecule has 0 atom stereocenters. The summed E-state index contributed by atoms with van der Waals surface area (Å²) >= 11 is 3.15. The molecule has 1 N–H and O–H groups in total. The van der Waals surface area contributed by atoms with Gasteiger partial charge in [-0.1, -0.05) is 25.2 Å². The van der Waals surface area contributed by atoms with E-state index < -0.39 is 0 Å². The number of rotatable bonds is 6. The zero-order chi connectivity index (χ0) is 14.5. The third-order valence-electron chi connectivity index (χ3n) is 2.70. The molecule has 0 spiro atoms. The van der Waals surface area contributed by atoms with Crippen LogP contribution >= 0.6 is 23.1 Å². The summed E-state index contributed by atoms with van der Waals surface area (Å²) in [6.45, 7) is 9.14. The Morgan fingerprint density at radius 3 is 2.55 bits per heavy atom. The number of hydrogen-bond acceptors (Lipinski definition) is 7. The van der Waals surface area contributed by atoms with Gasteiger partial charge in [0.05, 0.1) is 0 Å². The first-order valence-electron chi connectivity index (χ1n) is 6.73. The van der Waals surface area contributed by atoms with Gasteiger partial charge in [0.2, 0.25) is 0 Å². The average molecular weight is 309 g/mol. The number of nitrogens with one attached hydrogen (secondary N) is 1. The Bertz CT molecular complexity index is 582. The summed E-state index contributed by atoms with van der Waals surface area (Å²) in [5.74, 6) is 1.79. The highest BCUT2D eigenvalue weighted by Gasteiger charge is 2.13. The number of aromatic nitrogens is 4. The second-order valence-corrected chi connectivity index (χ2v) is 6.81. The van der Waals surface area contributed by atoms with Gasteiger partial charge in [-0.25, -0.2) is 9.97 Å². The minimum absolute atomic E-state index is 0.823. The van der Waals surface area contributed by atoms with Crippen LogP contribution in [0.4, 0.5) is 5.82 Å². The lowest BCUT2D eigenvalue weighted by atomic mass is 10.3. The van der Waals surface area contributed by atoms with Crippen LogP contribution in [-0.4, -0.2) is 26.7 Å².